The summed E-state index contributed by atoms with van der Waals surface area (Å²) in [7, 11) is -1.13. The summed E-state index contributed by atoms with van der Waals surface area (Å²) in [6, 6.07) is 41.0. The number of halogens is 3. The lowest BCUT2D eigenvalue weighted by Crippen LogP contribution is -2.22. The van der Waals surface area contributed by atoms with Gasteiger partial charge in [0, 0.05) is 0 Å². The van der Waals surface area contributed by atoms with Crippen molar-refractivity contribution in [3.05, 3.63) is 138 Å². The molecule has 8 aromatic rings. The number of rotatable bonds is 3. The fraction of sp³-hybridized carbons (Fsp3) is 0.0769. The minimum atomic E-state index is -4.37. The van der Waals surface area contributed by atoms with Crippen molar-refractivity contribution in [2.45, 2.75) is 19.0 Å². The lowest BCUT2D eigenvalue weighted by molar-refractivity contribution is -0.137. The zero-order valence-corrected chi connectivity index (χ0v) is 23.9. The largest absolute Gasteiger partial charge is 0.416 e. The maximum absolute atomic E-state index is 13.7. The molecule has 1 aliphatic carbocycles. The molecule has 0 saturated carbocycles. The fourth-order valence-corrected chi connectivity index (χ4v) is 10.1. The first-order valence-corrected chi connectivity index (χ1v) is 15.9. The zero-order valence-electron chi connectivity index (χ0n) is 23.0. The number of hydrogen-bond donors (Lipinski definition) is 0. The molecule has 0 bridgehead atoms. The molecule has 0 saturated heterocycles. The van der Waals surface area contributed by atoms with Gasteiger partial charge >= 0.3 is 6.18 Å². The van der Waals surface area contributed by atoms with Crippen molar-refractivity contribution in [3.63, 3.8) is 0 Å². The average molecular weight is 581 g/mol. The number of alkyl halides is 3. The van der Waals surface area contributed by atoms with Crippen LogP contribution in [0, 0.1) is 0 Å². The van der Waals surface area contributed by atoms with E-state index in [1.165, 1.54) is 87.4 Å². The van der Waals surface area contributed by atoms with Gasteiger partial charge in [-0.15, -0.1) is 0 Å². The van der Waals surface area contributed by atoms with Crippen LogP contribution in [0.2, 0.25) is 0 Å². The minimum Gasteiger partial charge on any atom is -0.166 e. The Bertz CT molecular complexity index is 2410. The average Bonchev–Trinajstić information content (AvgIpc) is 3.03. The first kappa shape index (κ1) is 25.1. The van der Waals surface area contributed by atoms with Crippen molar-refractivity contribution in [3.8, 4) is 0 Å². The van der Waals surface area contributed by atoms with Crippen molar-refractivity contribution in [2.24, 2.45) is 0 Å². The summed E-state index contributed by atoms with van der Waals surface area (Å²) in [6.07, 6.45) is -2.59. The van der Waals surface area contributed by atoms with Crippen LogP contribution in [0.1, 0.15) is 17.5 Å². The van der Waals surface area contributed by atoms with E-state index in [-0.39, 0.29) is 0 Å². The van der Waals surface area contributed by atoms with Gasteiger partial charge in [-0.2, -0.15) is 13.2 Å². The molecule has 0 nitrogen and oxygen atoms in total. The molecule has 1 atom stereocenters. The first-order valence-electron chi connectivity index (χ1n) is 14.6. The highest BCUT2D eigenvalue weighted by atomic mass is 31.1. The third-order valence-electron chi connectivity index (χ3n) is 9.27. The van der Waals surface area contributed by atoms with Crippen molar-refractivity contribution in [2.75, 3.05) is 0 Å². The van der Waals surface area contributed by atoms with Crippen LogP contribution >= 0.6 is 7.92 Å². The van der Waals surface area contributed by atoms with Crippen molar-refractivity contribution in [1.29, 1.82) is 0 Å². The van der Waals surface area contributed by atoms with Crippen LogP contribution in [0.5, 0.6) is 0 Å². The van der Waals surface area contributed by atoms with Crippen molar-refractivity contribution < 1.29 is 13.2 Å². The summed E-state index contributed by atoms with van der Waals surface area (Å²) in [6.45, 7) is 0. The molecule has 0 aliphatic heterocycles. The molecule has 0 heterocycles. The molecule has 1 unspecified atom stereocenters. The highest BCUT2D eigenvalue weighted by molar-refractivity contribution is 7.82. The second-order valence-electron chi connectivity index (χ2n) is 11.6. The van der Waals surface area contributed by atoms with E-state index in [2.05, 4.69) is 97.1 Å². The molecule has 0 aromatic heterocycles. The molecular weight excluding hydrogens is 556 g/mol. The molecule has 9 rings (SSSR count). The Labute approximate surface area is 247 Å². The summed E-state index contributed by atoms with van der Waals surface area (Å²) < 4.78 is 41.0. The van der Waals surface area contributed by atoms with Crippen molar-refractivity contribution >= 4 is 77.7 Å². The van der Waals surface area contributed by atoms with Crippen LogP contribution in [0.15, 0.2) is 121 Å². The predicted octanol–water partition coefficient (Wildman–Crippen LogP) is 9.82. The molecular formula is C39H24F3P. The van der Waals surface area contributed by atoms with Gasteiger partial charge in [0.05, 0.1) is 5.56 Å². The topological polar surface area (TPSA) is 0 Å². The van der Waals surface area contributed by atoms with Crippen LogP contribution < -0.4 is 15.8 Å². The van der Waals surface area contributed by atoms with Gasteiger partial charge in [-0.3, -0.25) is 0 Å². The van der Waals surface area contributed by atoms with Gasteiger partial charge in [-0.05, 0) is 113 Å². The normalized spacial score (nSPS) is 14.5. The lowest BCUT2D eigenvalue weighted by atomic mass is 9.90. The third-order valence-corrected chi connectivity index (χ3v) is 12.0. The van der Waals surface area contributed by atoms with Gasteiger partial charge in [-0.25, -0.2) is 0 Å². The first-order chi connectivity index (χ1) is 21.0. The van der Waals surface area contributed by atoms with E-state index in [9.17, 15) is 13.2 Å². The zero-order chi connectivity index (χ0) is 28.9. The lowest BCUT2D eigenvalue weighted by Gasteiger charge is -2.28. The molecule has 0 spiro atoms. The predicted molar refractivity (Wildman–Crippen MR) is 176 cm³/mol. The molecule has 43 heavy (non-hydrogen) atoms. The Morgan fingerprint density at radius 1 is 0.488 bits per heavy atom. The second kappa shape index (κ2) is 9.02. The maximum Gasteiger partial charge on any atom is 0.416 e. The van der Waals surface area contributed by atoms with Crippen LogP contribution in [-0.4, -0.2) is 0 Å². The molecule has 206 valence electrons. The van der Waals surface area contributed by atoms with Gasteiger partial charge in [0.1, 0.15) is 0 Å². The van der Waals surface area contributed by atoms with Gasteiger partial charge in [-0.1, -0.05) is 109 Å². The number of benzene rings is 8. The van der Waals surface area contributed by atoms with Gasteiger partial charge in [0.2, 0.25) is 0 Å². The smallest absolute Gasteiger partial charge is 0.166 e. The fourth-order valence-electron chi connectivity index (χ4n) is 7.38. The summed E-state index contributed by atoms with van der Waals surface area (Å²) >= 11 is 0. The van der Waals surface area contributed by atoms with E-state index in [0.29, 0.717) is 0 Å². The highest BCUT2D eigenvalue weighted by Gasteiger charge is 2.31. The molecule has 0 fully saturated rings. The van der Waals surface area contributed by atoms with E-state index < -0.39 is 19.7 Å². The van der Waals surface area contributed by atoms with E-state index in [1.807, 2.05) is 0 Å². The number of aryl methyl sites for hydroxylation is 1. The summed E-state index contributed by atoms with van der Waals surface area (Å²) in [5.74, 6) is 0. The molecule has 0 radical (unpaired) electrons. The Hall–Kier alpha value is -4.46. The summed E-state index contributed by atoms with van der Waals surface area (Å²) in [4.78, 5) is 0. The van der Waals surface area contributed by atoms with Crippen LogP contribution in [0.25, 0.3) is 59.2 Å². The Balaban J connectivity index is 1.40. The Kier molecular flexibility index (Phi) is 5.26. The van der Waals surface area contributed by atoms with Gasteiger partial charge in [0.25, 0.3) is 0 Å². The van der Waals surface area contributed by atoms with Crippen molar-refractivity contribution in [1.82, 2.24) is 0 Å². The third kappa shape index (κ3) is 3.68. The highest BCUT2D eigenvalue weighted by Crippen LogP contribution is 2.50. The molecule has 0 N–H and O–H groups in total. The quantitative estimate of drug-likeness (QED) is 0.144. The standard InChI is InChI=1S/C39H24F3P/c40-39(41,42)29-15-17-30(18-16-29)43(33-21-13-27-9-7-23-3-1-5-25-11-19-31(33)37(27)35(23)25)34-22-14-28-10-8-24-4-2-6-26-12-20-32(34)38(28)36(24)26/h1-13,15-21H,14,22H2. The van der Waals surface area contributed by atoms with E-state index in [0.717, 1.165) is 18.1 Å². The summed E-state index contributed by atoms with van der Waals surface area (Å²) in [5.41, 5.74) is 0.738. The molecule has 4 heteroatoms. The Morgan fingerprint density at radius 2 is 1.05 bits per heavy atom. The van der Waals surface area contributed by atoms with E-state index in [1.54, 1.807) is 12.1 Å². The molecule has 8 aromatic carbocycles. The van der Waals surface area contributed by atoms with Crippen LogP contribution in [0.4, 0.5) is 13.2 Å². The second-order valence-corrected chi connectivity index (χ2v) is 13.8. The van der Waals surface area contributed by atoms with Crippen LogP contribution in [-0.2, 0) is 12.6 Å². The Morgan fingerprint density at radius 3 is 1.72 bits per heavy atom. The van der Waals surface area contributed by atoms with Gasteiger partial charge in [0.15, 0.2) is 0 Å². The monoisotopic (exact) mass is 580 g/mol. The SMILES string of the molecule is FC(F)(F)c1ccc(P(C2=c3ccc4cccc5ccc(c3c54)CC2)c2ccc3ccc4cccc5ccc2c3c45)cc1. The molecule has 1 aliphatic rings. The van der Waals surface area contributed by atoms with Gasteiger partial charge < -0.3 is 0 Å². The number of hydrogen-bond acceptors (Lipinski definition) is 0. The summed E-state index contributed by atoms with van der Waals surface area (Å²) in [5, 5.41) is 17.0. The minimum absolute atomic E-state index is 0.610. The van der Waals surface area contributed by atoms with Crippen LogP contribution in [0.3, 0.4) is 0 Å². The van der Waals surface area contributed by atoms with E-state index in [4.69, 9.17) is 0 Å². The van der Waals surface area contributed by atoms with E-state index >= 15 is 0 Å². The molecule has 0 amide bonds. The maximum atomic E-state index is 13.7.